The smallest absolute Gasteiger partial charge is 0.417 e. The number of H-pyrrole nitrogens is 1. The van der Waals surface area contributed by atoms with Gasteiger partial charge >= 0.3 is 6.18 Å². The zero-order chi connectivity index (χ0) is 41.8. The third-order valence-corrected chi connectivity index (χ3v) is 11.1. The first-order valence-electron chi connectivity index (χ1n) is 17.6. The number of nitriles is 1. The molecule has 13 nitrogen and oxygen atoms in total. The van der Waals surface area contributed by atoms with Gasteiger partial charge in [0, 0.05) is 35.4 Å². The molecule has 0 aliphatic carbocycles. The van der Waals surface area contributed by atoms with Gasteiger partial charge in [-0.15, -0.1) is 0 Å². The number of ether oxygens (including phenoxy) is 2. The molecule has 18 heteroatoms. The molecule has 5 N–H and O–H groups in total. The Morgan fingerprint density at radius 1 is 1.00 bits per heavy atom. The maximum atomic E-state index is 14.2. The summed E-state index contributed by atoms with van der Waals surface area (Å²) >= 11 is 0. The molecule has 2 heterocycles. The minimum atomic E-state index is -4.90. The number of nitrogens with one attached hydrogen (secondary N) is 4. The fourth-order valence-electron chi connectivity index (χ4n) is 6.34. The number of aromatic amines is 1. The van der Waals surface area contributed by atoms with E-state index in [1.54, 1.807) is 0 Å². The van der Waals surface area contributed by atoms with E-state index in [1.807, 2.05) is 24.3 Å². The molecule has 4 aromatic carbocycles. The van der Waals surface area contributed by atoms with Crippen LogP contribution in [0.5, 0.6) is 5.75 Å². The number of benzene rings is 4. The van der Waals surface area contributed by atoms with E-state index in [-0.39, 0.29) is 48.8 Å². The summed E-state index contributed by atoms with van der Waals surface area (Å²) in [5.74, 6) is -3.34. The van der Waals surface area contributed by atoms with Crippen LogP contribution in [0.3, 0.4) is 0 Å². The van der Waals surface area contributed by atoms with Crippen LogP contribution in [0.1, 0.15) is 39.5 Å². The lowest BCUT2D eigenvalue weighted by Crippen LogP contribution is -2.45. The van der Waals surface area contributed by atoms with Crippen molar-refractivity contribution >= 4 is 44.1 Å². The summed E-state index contributed by atoms with van der Waals surface area (Å²) in [4.78, 5) is 40.6. The quantitative estimate of drug-likeness (QED) is 0.0754. The summed E-state index contributed by atoms with van der Waals surface area (Å²) in [6.07, 6.45) is -4.33. The van der Waals surface area contributed by atoms with Crippen LogP contribution in [0.15, 0.2) is 83.8 Å². The molecule has 0 saturated heterocycles. The summed E-state index contributed by atoms with van der Waals surface area (Å²) in [6, 6.07) is 18.9. The Balaban J connectivity index is 0.933. The zero-order valence-electron chi connectivity index (χ0n) is 30.6. The van der Waals surface area contributed by atoms with Crippen molar-refractivity contribution in [3.8, 4) is 23.1 Å². The molecule has 0 unspecified atom stereocenters. The summed E-state index contributed by atoms with van der Waals surface area (Å²) in [6.45, 7) is 1.31. The first kappa shape index (κ1) is 41.3. The molecule has 1 aliphatic rings. The number of anilines is 1. The Morgan fingerprint density at radius 3 is 2.41 bits per heavy atom. The topological polar surface area (TPSA) is 200 Å². The van der Waals surface area contributed by atoms with Crippen LogP contribution in [0.4, 0.5) is 23.2 Å². The van der Waals surface area contributed by atoms with E-state index in [4.69, 9.17) is 14.7 Å². The van der Waals surface area contributed by atoms with Crippen molar-refractivity contribution < 1.29 is 54.9 Å². The molecule has 58 heavy (non-hydrogen) atoms. The van der Waals surface area contributed by atoms with Crippen LogP contribution in [-0.2, 0) is 43.3 Å². The average molecular weight is 822 g/mol. The fraction of sp³-hybridized carbons (Fsp3) is 0.250. The molecule has 302 valence electrons. The monoisotopic (exact) mass is 821 g/mol. The van der Waals surface area contributed by atoms with Gasteiger partial charge in [-0.1, -0.05) is 24.3 Å². The Labute approximate surface area is 328 Å². The van der Waals surface area contributed by atoms with Gasteiger partial charge in [-0.2, -0.15) is 18.4 Å². The van der Waals surface area contributed by atoms with Gasteiger partial charge in [0.15, 0.2) is 15.4 Å². The molecule has 0 fully saturated rings. The molecule has 6 rings (SSSR count). The van der Waals surface area contributed by atoms with Crippen molar-refractivity contribution in [2.75, 3.05) is 37.4 Å². The molecule has 1 atom stereocenters. The third kappa shape index (κ3) is 9.45. The Morgan fingerprint density at radius 2 is 1.72 bits per heavy atom. The zero-order valence-corrected chi connectivity index (χ0v) is 31.4. The molecular formula is C40H35F4N5O8S. The van der Waals surface area contributed by atoms with Gasteiger partial charge in [-0.3, -0.25) is 14.4 Å². The largest absolute Gasteiger partial charge is 0.491 e. The first-order valence-corrected chi connectivity index (χ1v) is 19.3. The Kier molecular flexibility index (Phi) is 11.9. The number of alkyl halides is 3. The molecule has 0 saturated carbocycles. The molecule has 3 amide bonds. The van der Waals surface area contributed by atoms with Crippen LogP contribution >= 0.6 is 0 Å². The van der Waals surface area contributed by atoms with Gasteiger partial charge in [0.2, 0.25) is 5.91 Å². The third-order valence-electron chi connectivity index (χ3n) is 9.18. The molecule has 0 bridgehead atoms. The van der Waals surface area contributed by atoms with Gasteiger partial charge in [0.25, 0.3) is 11.8 Å². The first-order chi connectivity index (χ1) is 27.4. The predicted octanol–water partition coefficient (Wildman–Crippen LogP) is 5.03. The lowest BCUT2D eigenvalue weighted by atomic mass is 9.99. The highest BCUT2D eigenvalue weighted by Gasteiger charge is 2.38. The predicted molar refractivity (Wildman–Crippen MR) is 202 cm³/mol. The second kappa shape index (κ2) is 16.7. The number of aromatic nitrogens is 1. The number of halogens is 4. The van der Waals surface area contributed by atoms with E-state index < -0.39 is 55.9 Å². The number of sulfone groups is 1. The van der Waals surface area contributed by atoms with Crippen LogP contribution in [0, 0.1) is 17.1 Å². The number of carbonyl (C=O) groups excluding carboxylic acids is 3. The second-order valence-electron chi connectivity index (χ2n) is 13.6. The molecule has 0 radical (unpaired) electrons. The SMILES string of the molecule is C[C@](O)(CS(=O)(=O)c1ccc(OCCOCC(=O)NCc2ccc(-c3[nH]c4cc(F)cc5c4c3CCNC5=O)cc2)cc1)C(=O)Nc1ccc(C#N)c(C(F)(F)F)c1. The standard InChI is InChI=1S/C40H35F4N5O8S/c1-39(53,38(52)48-27-7-6-25(19-45)32(18-27)40(42,43)44)22-58(54,55)29-10-8-28(9-11-29)57-15-14-56-21-34(50)47-20-23-2-4-24(5-3-23)36-30-12-13-46-37(51)31-16-26(41)17-33(49-36)35(30)31/h2-11,16-18,49,53H,12-15,20-22H2,1H3,(H,46,51)(H,47,50)(H,48,52)/t39-/m0/s1. The molecule has 5 aromatic rings. The van der Waals surface area contributed by atoms with Crippen molar-refractivity contribution in [1.29, 1.82) is 5.26 Å². The highest BCUT2D eigenvalue weighted by atomic mass is 32.2. The number of amides is 3. The van der Waals surface area contributed by atoms with E-state index in [0.717, 1.165) is 41.4 Å². The van der Waals surface area contributed by atoms with Gasteiger partial charge in [-0.05, 0) is 84.6 Å². The van der Waals surface area contributed by atoms with E-state index in [9.17, 15) is 45.5 Å². The normalized spacial score (nSPS) is 13.8. The number of carbonyl (C=O) groups is 3. The van der Waals surface area contributed by atoms with Gasteiger partial charge in [-0.25, -0.2) is 12.8 Å². The molecule has 0 spiro atoms. The summed E-state index contributed by atoms with van der Waals surface area (Å²) in [5.41, 5.74) is -0.751. The van der Waals surface area contributed by atoms with Crippen LogP contribution < -0.4 is 20.7 Å². The average Bonchev–Trinajstić information content (AvgIpc) is 3.44. The lowest BCUT2D eigenvalue weighted by molar-refractivity contribution is -0.138. The second-order valence-corrected chi connectivity index (χ2v) is 15.6. The van der Waals surface area contributed by atoms with Crippen molar-refractivity contribution in [3.05, 3.63) is 112 Å². The number of rotatable bonds is 14. The summed E-state index contributed by atoms with van der Waals surface area (Å²) in [5, 5.41) is 28.0. The van der Waals surface area contributed by atoms with Gasteiger partial charge in [0.1, 0.15) is 24.8 Å². The minimum Gasteiger partial charge on any atom is -0.491 e. The van der Waals surface area contributed by atoms with Crippen molar-refractivity contribution in [2.24, 2.45) is 0 Å². The fourth-order valence-corrected chi connectivity index (χ4v) is 7.93. The summed E-state index contributed by atoms with van der Waals surface area (Å²) < 4.78 is 91.1. The minimum absolute atomic E-state index is 0.00915. The Bertz CT molecular complexity index is 2530. The lowest BCUT2D eigenvalue weighted by Gasteiger charge is -2.22. The molecule has 1 aromatic heterocycles. The molecule has 1 aliphatic heterocycles. The van der Waals surface area contributed by atoms with Crippen molar-refractivity contribution in [1.82, 2.24) is 15.6 Å². The van der Waals surface area contributed by atoms with Gasteiger partial charge < -0.3 is 35.5 Å². The van der Waals surface area contributed by atoms with Crippen LogP contribution in [0.25, 0.3) is 22.2 Å². The number of hydrogen-bond acceptors (Lipinski definition) is 9. The number of hydrogen-bond donors (Lipinski definition) is 5. The van der Waals surface area contributed by atoms with Crippen LogP contribution in [0.2, 0.25) is 0 Å². The van der Waals surface area contributed by atoms with Crippen molar-refractivity contribution in [3.63, 3.8) is 0 Å². The van der Waals surface area contributed by atoms with E-state index in [0.29, 0.717) is 35.5 Å². The van der Waals surface area contributed by atoms with Gasteiger partial charge in [0.05, 0.1) is 40.0 Å². The highest BCUT2D eigenvalue weighted by Crippen LogP contribution is 2.36. The highest BCUT2D eigenvalue weighted by molar-refractivity contribution is 7.91. The van der Waals surface area contributed by atoms with E-state index in [2.05, 4.69) is 20.9 Å². The molecular weight excluding hydrogens is 787 g/mol. The Hall–Kier alpha value is -6.29. The summed E-state index contributed by atoms with van der Waals surface area (Å²) in [7, 11) is -4.29. The van der Waals surface area contributed by atoms with E-state index in [1.165, 1.54) is 42.5 Å². The number of nitrogens with zero attached hydrogens (tertiary/aromatic N) is 1. The van der Waals surface area contributed by atoms with E-state index >= 15 is 0 Å². The number of aliphatic hydroxyl groups is 1. The maximum Gasteiger partial charge on any atom is 0.417 e. The van der Waals surface area contributed by atoms with Crippen molar-refractivity contribution in [2.45, 2.75) is 36.6 Å². The van der Waals surface area contributed by atoms with Crippen LogP contribution in [-0.4, -0.2) is 73.9 Å². The maximum absolute atomic E-state index is 14.2.